The van der Waals surface area contributed by atoms with E-state index in [1.54, 1.807) is 66.7 Å². The van der Waals surface area contributed by atoms with Crippen LogP contribution in [0.15, 0.2) is 105 Å². The average molecular weight is 471 g/mol. The van der Waals surface area contributed by atoms with Gasteiger partial charge in [0, 0.05) is 28.4 Å². The Kier molecular flexibility index (Phi) is 5.84. The van der Waals surface area contributed by atoms with Gasteiger partial charge in [-0.05, 0) is 72.8 Å². The molecule has 1 aromatic heterocycles. The normalized spacial score (nSPS) is 11.7. The summed E-state index contributed by atoms with van der Waals surface area (Å²) in [6.07, 6.45) is 1.53. The quantitative estimate of drug-likeness (QED) is 0.208. The number of aromatic hydroxyl groups is 1. The van der Waals surface area contributed by atoms with E-state index in [1.807, 2.05) is 0 Å². The lowest BCUT2D eigenvalue weighted by atomic mass is 10.2. The van der Waals surface area contributed by atoms with Gasteiger partial charge >= 0.3 is 0 Å². The summed E-state index contributed by atoms with van der Waals surface area (Å²) < 4.78 is 19.0. The van der Waals surface area contributed by atoms with Crippen molar-refractivity contribution in [3.8, 4) is 17.2 Å². The zero-order chi connectivity index (χ0) is 23.5. The molecular weight excluding hydrogens is 455 g/mol. The fourth-order valence-corrected chi connectivity index (χ4v) is 3.40. The second-order valence-corrected chi connectivity index (χ2v) is 7.80. The maximum Gasteiger partial charge on any atom is 0.227 e. The molecule has 0 saturated carbocycles. The number of phenols is 1. The third-order valence-electron chi connectivity index (χ3n) is 4.92. The minimum absolute atomic E-state index is 0.0600. The smallest absolute Gasteiger partial charge is 0.227 e. The summed E-state index contributed by atoms with van der Waals surface area (Å²) in [4.78, 5) is 8.88. The maximum absolute atomic E-state index is 13.2. The lowest BCUT2D eigenvalue weighted by Gasteiger charge is -2.00. The summed E-state index contributed by atoms with van der Waals surface area (Å²) in [7, 11) is 0. The molecule has 34 heavy (non-hydrogen) atoms. The zero-order valence-corrected chi connectivity index (χ0v) is 18.3. The Labute approximate surface area is 198 Å². The molecule has 1 heterocycles. The van der Waals surface area contributed by atoms with Gasteiger partial charge in [-0.15, -0.1) is 0 Å². The average Bonchev–Trinajstić information content (AvgIpc) is 3.26. The molecule has 0 atom stereocenters. The number of benzene rings is 4. The van der Waals surface area contributed by atoms with Crippen molar-refractivity contribution in [3.05, 3.63) is 101 Å². The first-order valence-corrected chi connectivity index (χ1v) is 10.6. The monoisotopic (exact) mass is 470 g/mol. The van der Waals surface area contributed by atoms with Gasteiger partial charge < -0.3 is 9.52 Å². The zero-order valence-electron chi connectivity index (χ0n) is 17.6. The summed E-state index contributed by atoms with van der Waals surface area (Å²) in [5, 5.41) is 19.2. The number of aromatic nitrogens is 1. The Bertz CT molecular complexity index is 1540. The largest absolute Gasteiger partial charge is 0.507 e. The number of rotatable bonds is 5. The SMILES string of the molecule is Oc1ccc(N=Nc2cccc(Cl)c2)cc1C=Nc1ccc2nc(-c3ccc(F)cc3)oc2c1. The Balaban J connectivity index is 1.38. The number of azo groups is 1. The molecule has 4 aromatic carbocycles. The van der Waals surface area contributed by atoms with Crippen LogP contribution in [0.1, 0.15) is 5.56 Å². The van der Waals surface area contributed by atoms with Crippen LogP contribution in [-0.4, -0.2) is 16.3 Å². The van der Waals surface area contributed by atoms with Crippen LogP contribution in [0.25, 0.3) is 22.6 Å². The number of phenolic OH excluding ortho intramolecular Hbond substituents is 1. The molecule has 1 N–H and O–H groups in total. The molecule has 0 radical (unpaired) electrons. The number of hydrogen-bond acceptors (Lipinski definition) is 6. The van der Waals surface area contributed by atoms with Crippen molar-refractivity contribution in [2.45, 2.75) is 0 Å². The van der Waals surface area contributed by atoms with Crippen molar-refractivity contribution in [2.75, 3.05) is 0 Å². The van der Waals surface area contributed by atoms with Crippen LogP contribution in [-0.2, 0) is 0 Å². The lowest BCUT2D eigenvalue weighted by molar-refractivity contribution is 0.474. The molecule has 0 bridgehead atoms. The van der Waals surface area contributed by atoms with Gasteiger partial charge in [0.05, 0.1) is 17.1 Å². The van der Waals surface area contributed by atoms with Crippen molar-refractivity contribution in [1.82, 2.24) is 4.98 Å². The number of aliphatic imine (C=N–C) groups is 1. The molecule has 0 amide bonds. The van der Waals surface area contributed by atoms with E-state index in [9.17, 15) is 9.50 Å². The molecule has 0 aliphatic rings. The summed E-state index contributed by atoms with van der Waals surface area (Å²) >= 11 is 5.97. The van der Waals surface area contributed by atoms with Gasteiger partial charge in [0.2, 0.25) is 5.89 Å². The number of fused-ring (bicyclic) bond motifs is 1. The first kappa shape index (κ1) is 21.5. The Morgan fingerprint density at radius 2 is 1.62 bits per heavy atom. The van der Waals surface area contributed by atoms with Gasteiger partial charge in [-0.3, -0.25) is 4.99 Å². The van der Waals surface area contributed by atoms with Gasteiger partial charge in [0.1, 0.15) is 17.1 Å². The number of nitrogens with zero attached hydrogens (tertiary/aromatic N) is 4. The van der Waals surface area contributed by atoms with Crippen molar-refractivity contribution in [3.63, 3.8) is 0 Å². The van der Waals surface area contributed by atoms with Gasteiger partial charge in [0.25, 0.3) is 0 Å². The first-order valence-electron chi connectivity index (χ1n) is 10.2. The van der Waals surface area contributed by atoms with Crippen LogP contribution in [0, 0.1) is 5.82 Å². The molecular formula is C26H16ClFN4O2. The molecule has 0 saturated heterocycles. The van der Waals surface area contributed by atoms with Crippen molar-refractivity contribution in [1.29, 1.82) is 0 Å². The minimum Gasteiger partial charge on any atom is -0.507 e. The standard InChI is InChI=1S/C26H16ClFN4O2/c27-18-2-1-3-21(13-18)31-32-22-9-11-24(33)17(12-22)15-29-20-8-10-23-25(14-20)34-26(30-23)16-4-6-19(28)7-5-16/h1-15,33H. The fraction of sp³-hybridized carbons (Fsp3) is 0. The minimum atomic E-state index is -0.324. The van der Waals surface area contributed by atoms with E-state index in [0.29, 0.717) is 50.2 Å². The highest BCUT2D eigenvalue weighted by atomic mass is 35.5. The lowest BCUT2D eigenvalue weighted by Crippen LogP contribution is -1.82. The summed E-state index contributed by atoms with van der Waals surface area (Å²) in [5.41, 5.74) is 4.14. The molecule has 0 fully saturated rings. The van der Waals surface area contributed by atoms with E-state index in [2.05, 4.69) is 20.2 Å². The van der Waals surface area contributed by atoms with Crippen LogP contribution in [0.3, 0.4) is 0 Å². The van der Waals surface area contributed by atoms with E-state index in [-0.39, 0.29) is 11.6 Å². The highest BCUT2D eigenvalue weighted by molar-refractivity contribution is 6.30. The maximum atomic E-state index is 13.2. The number of halogens is 2. The van der Waals surface area contributed by atoms with Gasteiger partial charge in [-0.2, -0.15) is 10.2 Å². The molecule has 5 aromatic rings. The third kappa shape index (κ3) is 4.84. The van der Waals surface area contributed by atoms with Gasteiger partial charge in [-0.25, -0.2) is 9.37 Å². The molecule has 0 unspecified atom stereocenters. The van der Waals surface area contributed by atoms with E-state index < -0.39 is 0 Å². The van der Waals surface area contributed by atoms with Gasteiger partial charge in [-0.1, -0.05) is 17.7 Å². The van der Waals surface area contributed by atoms with Crippen molar-refractivity contribution in [2.24, 2.45) is 15.2 Å². The van der Waals surface area contributed by atoms with Crippen molar-refractivity contribution >= 4 is 46.0 Å². The van der Waals surface area contributed by atoms with Crippen LogP contribution in [0.4, 0.5) is 21.5 Å². The summed E-state index contributed by atoms with van der Waals surface area (Å²) in [6, 6.07) is 23.1. The van der Waals surface area contributed by atoms with E-state index in [0.717, 1.165) is 0 Å². The highest BCUT2D eigenvalue weighted by Crippen LogP contribution is 2.29. The van der Waals surface area contributed by atoms with Gasteiger partial charge in [0.15, 0.2) is 5.58 Å². The Hall–Kier alpha value is -4.36. The Morgan fingerprint density at radius 1 is 0.853 bits per heavy atom. The molecule has 0 spiro atoms. The molecule has 0 aliphatic heterocycles. The number of hydrogen-bond donors (Lipinski definition) is 1. The third-order valence-corrected chi connectivity index (χ3v) is 5.15. The topological polar surface area (TPSA) is 83.3 Å². The van der Waals surface area contributed by atoms with Crippen LogP contribution >= 0.6 is 11.6 Å². The molecule has 166 valence electrons. The fourth-order valence-electron chi connectivity index (χ4n) is 3.21. The van der Waals surface area contributed by atoms with E-state index >= 15 is 0 Å². The first-order chi connectivity index (χ1) is 16.5. The summed E-state index contributed by atoms with van der Waals surface area (Å²) in [5.74, 6) is 0.131. The van der Waals surface area contributed by atoms with E-state index in [1.165, 1.54) is 24.4 Å². The highest BCUT2D eigenvalue weighted by Gasteiger charge is 2.09. The summed E-state index contributed by atoms with van der Waals surface area (Å²) in [6.45, 7) is 0. The van der Waals surface area contributed by atoms with Crippen LogP contribution < -0.4 is 0 Å². The molecule has 6 nitrogen and oxygen atoms in total. The van der Waals surface area contributed by atoms with Crippen LogP contribution in [0.2, 0.25) is 5.02 Å². The van der Waals surface area contributed by atoms with E-state index in [4.69, 9.17) is 16.0 Å². The predicted octanol–water partition coefficient (Wildman–Crippen LogP) is 8.16. The molecule has 5 rings (SSSR count). The Morgan fingerprint density at radius 3 is 2.41 bits per heavy atom. The second kappa shape index (κ2) is 9.25. The molecule has 0 aliphatic carbocycles. The molecule has 8 heteroatoms. The predicted molar refractivity (Wildman–Crippen MR) is 130 cm³/mol. The van der Waals surface area contributed by atoms with Crippen molar-refractivity contribution < 1.29 is 13.9 Å². The second-order valence-electron chi connectivity index (χ2n) is 7.36. The number of oxazole rings is 1. The van der Waals surface area contributed by atoms with Crippen LogP contribution in [0.5, 0.6) is 5.75 Å².